The average Bonchev–Trinajstić information content (AvgIpc) is 2.72. The molecule has 1 aromatic heterocycles. The summed E-state index contributed by atoms with van der Waals surface area (Å²) >= 11 is 3.21. The standard InChI is InChI=1S/C11H17N3O2S2/c1-3-16-11(15)8-9(12)13-18-10(8)14-4-5-17-6-7(14)2/h7H,3-6H2,1-2H3,(H2,12,13). The van der Waals surface area contributed by atoms with E-state index >= 15 is 0 Å². The Kier molecular flexibility index (Phi) is 4.34. The van der Waals surface area contributed by atoms with Crippen LogP contribution in [0.2, 0.25) is 0 Å². The predicted octanol–water partition coefficient (Wildman–Crippen LogP) is 1.84. The monoisotopic (exact) mass is 287 g/mol. The van der Waals surface area contributed by atoms with E-state index < -0.39 is 0 Å². The van der Waals surface area contributed by atoms with E-state index in [1.165, 1.54) is 11.5 Å². The molecule has 7 heteroatoms. The molecule has 2 rings (SSSR count). The number of carbonyl (C=O) groups is 1. The fourth-order valence-corrected chi connectivity index (χ4v) is 3.86. The molecule has 18 heavy (non-hydrogen) atoms. The van der Waals surface area contributed by atoms with Gasteiger partial charge in [0.25, 0.3) is 0 Å². The number of aromatic nitrogens is 1. The molecule has 0 aromatic carbocycles. The van der Waals surface area contributed by atoms with Crippen molar-refractivity contribution in [2.24, 2.45) is 0 Å². The van der Waals surface area contributed by atoms with Gasteiger partial charge in [0.1, 0.15) is 10.6 Å². The van der Waals surface area contributed by atoms with Gasteiger partial charge >= 0.3 is 5.97 Å². The SMILES string of the molecule is CCOC(=O)c1c(N)nsc1N1CCSCC1C. The summed E-state index contributed by atoms with van der Waals surface area (Å²) in [6.07, 6.45) is 0. The van der Waals surface area contributed by atoms with Crippen LogP contribution in [0.25, 0.3) is 0 Å². The van der Waals surface area contributed by atoms with Crippen molar-refractivity contribution in [3.63, 3.8) is 0 Å². The normalized spacial score (nSPS) is 19.9. The quantitative estimate of drug-likeness (QED) is 0.856. The third kappa shape index (κ3) is 2.56. The van der Waals surface area contributed by atoms with E-state index in [-0.39, 0.29) is 11.8 Å². The Morgan fingerprint density at radius 3 is 3.11 bits per heavy atom. The lowest BCUT2D eigenvalue weighted by atomic mass is 10.2. The molecule has 0 bridgehead atoms. The summed E-state index contributed by atoms with van der Waals surface area (Å²) in [4.78, 5) is 14.1. The van der Waals surface area contributed by atoms with Crippen molar-refractivity contribution in [3.8, 4) is 0 Å². The molecule has 1 atom stereocenters. The molecule has 0 spiro atoms. The van der Waals surface area contributed by atoms with Crippen molar-refractivity contribution in [2.75, 3.05) is 35.3 Å². The Morgan fingerprint density at radius 1 is 1.67 bits per heavy atom. The van der Waals surface area contributed by atoms with Gasteiger partial charge in [0.2, 0.25) is 0 Å². The molecule has 100 valence electrons. The summed E-state index contributed by atoms with van der Waals surface area (Å²) in [5, 5.41) is 0.846. The molecule has 0 radical (unpaired) electrons. The number of nitrogen functional groups attached to an aromatic ring is 1. The summed E-state index contributed by atoms with van der Waals surface area (Å²) in [6, 6.07) is 0.386. The van der Waals surface area contributed by atoms with Crippen LogP contribution < -0.4 is 10.6 Å². The first-order chi connectivity index (χ1) is 8.65. The lowest BCUT2D eigenvalue weighted by Crippen LogP contribution is -2.40. The molecule has 1 aromatic rings. The first-order valence-corrected chi connectivity index (χ1v) is 7.84. The van der Waals surface area contributed by atoms with E-state index in [9.17, 15) is 4.79 Å². The zero-order valence-corrected chi connectivity index (χ0v) is 12.1. The molecular weight excluding hydrogens is 270 g/mol. The second-order valence-corrected chi connectivity index (χ2v) is 5.99. The number of thioether (sulfide) groups is 1. The van der Waals surface area contributed by atoms with Crippen molar-refractivity contribution in [1.29, 1.82) is 0 Å². The van der Waals surface area contributed by atoms with Crippen LogP contribution in [0.1, 0.15) is 24.2 Å². The Labute approximate surface area is 115 Å². The number of ether oxygens (including phenoxy) is 1. The molecule has 1 saturated heterocycles. The average molecular weight is 287 g/mol. The van der Waals surface area contributed by atoms with Crippen molar-refractivity contribution in [2.45, 2.75) is 19.9 Å². The lowest BCUT2D eigenvalue weighted by Gasteiger charge is -2.33. The fraction of sp³-hybridized carbons (Fsp3) is 0.636. The highest BCUT2D eigenvalue weighted by Crippen LogP contribution is 2.34. The minimum Gasteiger partial charge on any atom is -0.462 e. The molecular formula is C11H17N3O2S2. The predicted molar refractivity (Wildman–Crippen MR) is 76.6 cm³/mol. The largest absolute Gasteiger partial charge is 0.462 e. The first-order valence-electron chi connectivity index (χ1n) is 5.91. The fourth-order valence-electron chi connectivity index (χ4n) is 1.91. The molecule has 5 nitrogen and oxygen atoms in total. The lowest BCUT2D eigenvalue weighted by molar-refractivity contribution is 0.0528. The topological polar surface area (TPSA) is 68.5 Å². The van der Waals surface area contributed by atoms with Crippen LogP contribution in [0.15, 0.2) is 0 Å². The van der Waals surface area contributed by atoms with Crippen molar-refractivity contribution >= 4 is 40.1 Å². The molecule has 1 fully saturated rings. The third-order valence-corrected chi connectivity index (χ3v) is 4.90. The van der Waals surface area contributed by atoms with Gasteiger partial charge in [-0.05, 0) is 25.4 Å². The molecule has 0 saturated carbocycles. The second-order valence-electron chi connectivity index (χ2n) is 4.09. The first kappa shape index (κ1) is 13.5. The molecule has 2 heterocycles. The van der Waals surface area contributed by atoms with Gasteiger partial charge in [-0.25, -0.2) is 4.79 Å². The number of hydrogen-bond donors (Lipinski definition) is 1. The van der Waals surface area contributed by atoms with E-state index in [2.05, 4.69) is 16.2 Å². The van der Waals surface area contributed by atoms with E-state index in [0.717, 1.165) is 23.1 Å². The maximum Gasteiger partial charge on any atom is 0.345 e. The Bertz CT molecular complexity index is 436. The summed E-state index contributed by atoms with van der Waals surface area (Å²) in [5.41, 5.74) is 6.22. The van der Waals surface area contributed by atoms with Gasteiger partial charge in [0, 0.05) is 24.1 Å². The Morgan fingerprint density at radius 2 is 2.44 bits per heavy atom. The zero-order chi connectivity index (χ0) is 13.1. The zero-order valence-electron chi connectivity index (χ0n) is 10.5. The highest BCUT2D eigenvalue weighted by molar-refractivity contribution is 7.99. The minimum atomic E-state index is -0.371. The summed E-state index contributed by atoms with van der Waals surface area (Å²) in [5.74, 6) is 2.02. The third-order valence-electron chi connectivity index (χ3n) is 2.81. The molecule has 1 unspecified atom stereocenters. The van der Waals surface area contributed by atoms with Gasteiger partial charge in [0.05, 0.1) is 6.61 Å². The minimum absolute atomic E-state index is 0.277. The van der Waals surface area contributed by atoms with Crippen LogP contribution in [-0.2, 0) is 4.74 Å². The summed E-state index contributed by atoms with van der Waals surface area (Å²) in [6.45, 7) is 5.20. The van der Waals surface area contributed by atoms with Gasteiger partial charge < -0.3 is 15.4 Å². The Balaban J connectivity index is 2.30. The van der Waals surface area contributed by atoms with Crippen LogP contribution >= 0.6 is 23.3 Å². The number of nitrogens with two attached hydrogens (primary N) is 1. The molecule has 0 amide bonds. The van der Waals surface area contributed by atoms with E-state index in [1.54, 1.807) is 6.92 Å². The van der Waals surface area contributed by atoms with Crippen LogP contribution in [0.3, 0.4) is 0 Å². The molecule has 1 aliphatic rings. The number of nitrogens with zero attached hydrogens (tertiary/aromatic N) is 2. The van der Waals surface area contributed by atoms with Crippen LogP contribution in [0.4, 0.5) is 10.8 Å². The summed E-state index contributed by atoms with van der Waals surface area (Å²) < 4.78 is 9.15. The summed E-state index contributed by atoms with van der Waals surface area (Å²) in [7, 11) is 0. The number of rotatable bonds is 3. The van der Waals surface area contributed by atoms with Crippen molar-refractivity contribution < 1.29 is 9.53 Å². The van der Waals surface area contributed by atoms with Crippen LogP contribution in [0, 0.1) is 0 Å². The van der Waals surface area contributed by atoms with E-state index in [1.807, 2.05) is 11.8 Å². The highest BCUT2D eigenvalue weighted by atomic mass is 32.2. The van der Waals surface area contributed by atoms with Gasteiger partial charge in [-0.15, -0.1) is 0 Å². The number of hydrogen-bond acceptors (Lipinski definition) is 7. The Hall–Kier alpha value is -0.950. The molecule has 1 aliphatic heterocycles. The highest BCUT2D eigenvalue weighted by Gasteiger charge is 2.28. The molecule has 0 aliphatic carbocycles. The number of esters is 1. The van der Waals surface area contributed by atoms with E-state index in [0.29, 0.717) is 18.2 Å². The number of carbonyl (C=O) groups excluding carboxylic acids is 1. The van der Waals surface area contributed by atoms with Gasteiger partial charge in [-0.2, -0.15) is 16.1 Å². The number of anilines is 2. The molecule has 2 N–H and O–H groups in total. The van der Waals surface area contributed by atoms with Crippen LogP contribution in [0.5, 0.6) is 0 Å². The van der Waals surface area contributed by atoms with Gasteiger partial charge in [-0.3, -0.25) is 0 Å². The van der Waals surface area contributed by atoms with E-state index in [4.69, 9.17) is 10.5 Å². The van der Waals surface area contributed by atoms with Gasteiger partial charge in [0.15, 0.2) is 5.82 Å². The van der Waals surface area contributed by atoms with Crippen molar-refractivity contribution in [3.05, 3.63) is 5.56 Å². The van der Waals surface area contributed by atoms with Crippen molar-refractivity contribution in [1.82, 2.24) is 4.37 Å². The maximum atomic E-state index is 11.9. The smallest absolute Gasteiger partial charge is 0.345 e. The van der Waals surface area contributed by atoms with Crippen LogP contribution in [-0.4, -0.2) is 41.0 Å². The second kappa shape index (κ2) is 5.79. The maximum absolute atomic E-state index is 11.9. The van der Waals surface area contributed by atoms with Gasteiger partial charge in [-0.1, -0.05) is 0 Å².